The van der Waals surface area contributed by atoms with E-state index in [0.29, 0.717) is 22.9 Å². The third-order valence-corrected chi connectivity index (χ3v) is 7.35. The van der Waals surface area contributed by atoms with E-state index in [0.717, 1.165) is 41.5 Å². The van der Waals surface area contributed by atoms with Crippen LogP contribution in [0.3, 0.4) is 0 Å². The standard InChI is InChI=1S/C28H34ClN3O3/c1-19-24(18-27(33)31(16-15-30-2)22-7-5-4-6-8-22)25-17-23(35-3)13-14-26(25)32(19)28(34)20-9-11-21(29)12-10-20/h9-14,17,22,30H,4-8,15-16,18H2,1-3H3. The van der Waals surface area contributed by atoms with Crippen molar-refractivity contribution in [2.45, 2.75) is 51.5 Å². The number of carbonyl (C=O) groups is 2. The molecule has 0 bridgehead atoms. The molecule has 0 saturated heterocycles. The van der Waals surface area contributed by atoms with Gasteiger partial charge >= 0.3 is 0 Å². The normalized spacial score (nSPS) is 14.3. The summed E-state index contributed by atoms with van der Waals surface area (Å²) in [6.45, 7) is 3.36. The van der Waals surface area contributed by atoms with Crippen molar-refractivity contribution in [2.24, 2.45) is 0 Å². The van der Waals surface area contributed by atoms with E-state index in [2.05, 4.69) is 10.2 Å². The third kappa shape index (κ3) is 5.39. The second-order valence-corrected chi connectivity index (χ2v) is 9.69. The highest BCUT2D eigenvalue weighted by molar-refractivity contribution is 6.30. The average Bonchev–Trinajstić information content (AvgIpc) is 3.15. The Morgan fingerprint density at radius 3 is 2.49 bits per heavy atom. The number of nitrogens with zero attached hydrogens (tertiary/aromatic N) is 2. The van der Waals surface area contributed by atoms with Crippen molar-refractivity contribution in [1.82, 2.24) is 14.8 Å². The van der Waals surface area contributed by atoms with Gasteiger partial charge in [0.1, 0.15) is 5.75 Å². The minimum absolute atomic E-state index is 0.107. The summed E-state index contributed by atoms with van der Waals surface area (Å²) in [5, 5.41) is 4.63. The number of carbonyl (C=O) groups excluding carboxylic acids is 2. The zero-order valence-corrected chi connectivity index (χ0v) is 21.5. The molecule has 1 aromatic heterocycles. The van der Waals surface area contributed by atoms with Crippen molar-refractivity contribution in [3.05, 3.63) is 64.3 Å². The molecular weight excluding hydrogens is 462 g/mol. The maximum absolute atomic E-state index is 13.7. The first-order valence-corrected chi connectivity index (χ1v) is 12.7. The largest absolute Gasteiger partial charge is 0.497 e. The maximum Gasteiger partial charge on any atom is 0.262 e. The molecule has 1 N–H and O–H groups in total. The zero-order chi connectivity index (χ0) is 24.9. The van der Waals surface area contributed by atoms with Gasteiger partial charge in [-0.15, -0.1) is 0 Å². The van der Waals surface area contributed by atoms with Gasteiger partial charge in [-0.05, 0) is 74.8 Å². The summed E-state index contributed by atoms with van der Waals surface area (Å²) in [5.41, 5.74) is 2.96. The molecule has 2 aromatic carbocycles. The first-order valence-electron chi connectivity index (χ1n) is 12.4. The Kier molecular flexibility index (Phi) is 8.14. The molecule has 4 rings (SSSR count). The lowest BCUT2D eigenvalue weighted by molar-refractivity contribution is -0.133. The molecule has 1 aliphatic carbocycles. The Morgan fingerprint density at radius 1 is 1.11 bits per heavy atom. The van der Waals surface area contributed by atoms with Gasteiger partial charge in [0, 0.05) is 40.8 Å². The number of aromatic nitrogens is 1. The molecule has 186 valence electrons. The van der Waals surface area contributed by atoms with Crippen LogP contribution in [0.5, 0.6) is 5.75 Å². The molecule has 0 radical (unpaired) electrons. The number of ether oxygens (including phenoxy) is 1. The molecule has 1 amide bonds. The van der Waals surface area contributed by atoms with Gasteiger partial charge in [-0.2, -0.15) is 0 Å². The van der Waals surface area contributed by atoms with Gasteiger partial charge in [0.25, 0.3) is 5.91 Å². The first-order chi connectivity index (χ1) is 16.9. The second kappa shape index (κ2) is 11.3. The predicted octanol–water partition coefficient (Wildman–Crippen LogP) is 5.22. The van der Waals surface area contributed by atoms with Crippen LogP contribution in [0.25, 0.3) is 10.9 Å². The monoisotopic (exact) mass is 495 g/mol. The molecular formula is C28H34ClN3O3. The molecule has 35 heavy (non-hydrogen) atoms. The predicted molar refractivity (Wildman–Crippen MR) is 141 cm³/mol. The van der Waals surface area contributed by atoms with E-state index < -0.39 is 0 Å². The molecule has 7 heteroatoms. The molecule has 1 saturated carbocycles. The van der Waals surface area contributed by atoms with E-state index in [4.69, 9.17) is 16.3 Å². The molecule has 0 spiro atoms. The van der Waals surface area contributed by atoms with Gasteiger partial charge in [-0.3, -0.25) is 14.2 Å². The van der Waals surface area contributed by atoms with E-state index in [9.17, 15) is 9.59 Å². The highest BCUT2D eigenvalue weighted by Gasteiger charge is 2.28. The summed E-state index contributed by atoms with van der Waals surface area (Å²) in [6.07, 6.45) is 5.93. The van der Waals surface area contributed by atoms with E-state index in [-0.39, 0.29) is 24.3 Å². The lowest BCUT2D eigenvalue weighted by Crippen LogP contribution is -2.45. The highest BCUT2D eigenvalue weighted by Crippen LogP contribution is 2.32. The molecule has 6 nitrogen and oxygen atoms in total. The summed E-state index contributed by atoms with van der Waals surface area (Å²) in [7, 11) is 3.53. The van der Waals surface area contributed by atoms with Crippen LogP contribution >= 0.6 is 11.6 Å². The number of methoxy groups -OCH3 is 1. The van der Waals surface area contributed by atoms with E-state index >= 15 is 0 Å². The van der Waals surface area contributed by atoms with Crippen molar-refractivity contribution in [3.8, 4) is 5.75 Å². The van der Waals surface area contributed by atoms with Crippen LogP contribution in [0.1, 0.15) is 53.7 Å². The molecule has 1 heterocycles. The Morgan fingerprint density at radius 2 is 1.83 bits per heavy atom. The second-order valence-electron chi connectivity index (χ2n) is 9.25. The number of rotatable bonds is 8. The Bertz CT molecular complexity index is 1200. The van der Waals surface area contributed by atoms with E-state index in [1.165, 1.54) is 19.3 Å². The van der Waals surface area contributed by atoms with Crippen molar-refractivity contribution < 1.29 is 14.3 Å². The van der Waals surface area contributed by atoms with Crippen LogP contribution in [-0.4, -0.2) is 54.6 Å². The average molecular weight is 496 g/mol. The van der Waals surface area contributed by atoms with E-state index in [1.54, 1.807) is 35.9 Å². The number of fused-ring (bicyclic) bond motifs is 1. The number of benzene rings is 2. The smallest absolute Gasteiger partial charge is 0.262 e. The topological polar surface area (TPSA) is 63.6 Å². The van der Waals surface area contributed by atoms with Crippen LogP contribution in [-0.2, 0) is 11.2 Å². The number of nitrogens with one attached hydrogen (secondary N) is 1. The van der Waals surface area contributed by atoms with Crippen LogP contribution in [0, 0.1) is 6.92 Å². The SMILES string of the molecule is CNCCN(C(=O)Cc1c(C)n(C(=O)c2ccc(Cl)cc2)c2ccc(OC)cc12)C1CCCCC1. The van der Waals surface area contributed by atoms with Crippen LogP contribution < -0.4 is 10.1 Å². The van der Waals surface area contributed by atoms with Gasteiger partial charge in [-0.25, -0.2) is 0 Å². The number of likely N-dealkylation sites (N-methyl/N-ethyl adjacent to an activating group) is 1. The van der Waals surface area contributed by atoms with Crippen molar-refractivity contribution in [1.29, 1.82) is 0 Å². The van der Waals surface area contributed by atoms with Gasteiger partial charge in [-0.1, -0.05) is 30.9 Å². The Hall–Kier alpha value is -2.83. The fraction of sp³-hybridized carbons (Fsp3) is 0.429. The summed E-state index contributed by atoms with van der Waals surface area (Å²) >= 11 is 6.03. The summed E-state index contributed by atoms with van der Waals surface area (Å²) in [4.78, 5) is 29.3. The zero-order valence-electron chi connectivity index (χ0n) is 20.8. The number of amides is 1. The van der Waals surface area contributed by atoms with Gasteiger partial charge in [0.2, 0.25) is 5.91 Å². The summed E-state index contributed by atoms with van der Waals surface area (Å²) in [6, 6.07) is 12.8. The lowest BCUT2D eigenvalue weighted by Gasteiger charge is -2.34. The Labute approximate surface area is 212 Å². The number of halogens is 1. The first kappa shape index (κ1) is 25.3. The molecule has 0 atom stereocenters. The number of hydrogen-bond donors (Lipinski definition) is 1. The van der Waals surface area contributed by atoms with Crippen molar-refractivity contribution in [3.63, 3.8) is 0 Å². The van der Waals surface area contributed by atoms with E-state index in [1.807, 2.05) is 32.2 Å². The molecule has 3 aromatic rings. The lowest BCUT2D eigenvalue weighted by atomic mass is 9.93. The molecule has 1 aliphatic rings. The molecule has 1 fully saturated rings. The summed E-state index contributed by atoms with van der Waals surface area (Å²) < 4.78 is 7.18. The maximum atomic E-state index is 13.7. The fourth-order valence-corrected chi connectivity index (χ4v) is 5.31. The van der Waals surface area contributed by atoms with Crippen molar-refractivity contribution >= 4 is 34.3 Å². The number of hydrogen-bond acceptors (Lipinski definition) is 4. The van der Waals surface area contributed by atoms with Crippen LogP contribution in [0.4, 0.5) is 0 Å². The minimum Gasteiger partial charge on any atom is -0.497 e. The fourth-order valence-electron chi connectivity index (χ4n) is 5.18. The van der Waals surface area contributed by atoms with Crippen LogP contribution in [0.2, 0.25) is 5.02 Å². The van der Waals surface area contributed by atoms with Gasteiger partial charge in [0.05, 0.1) is 19.0 Å². The minimum atomic E-state index is -0.146. The van der Waals surface area contributed by atoms with Gasteiger partial charge in [0.15, 0.2) is 0 Å². The molecule has 0 aliphatic heterocycles. The quantitative estimate of drug-likeness (QED) is 0.465. The van der Waals surface area contributed by atoms with Crippen LogP contribution in [0.15, 0.2) is 42.5 Å². The Balaban J connectivity index is 1.74. The molecule has 0 unspecified atom stereocenters. The third-order valence-electron chi connectivity index (χ3n) is 7.10. The van der Waals surface area contributed by atoms with Crippen molar-refractivity contribution in [2.75, 3.05) is 27.2 Å². The van der Waals surface area contributed by atoms with Gasteiger partial charge < -0.3 is 15.0 Å². The highest BCUT2D eigenvalue weighted by atomic mass is 35.5. The summed E-state index contributed by atoms with van der Waals surface area (Å²) in [5.74, 6) is 0.657.